The zero-order chi connectivity index (χ0) is 72.9. The van der Waals surface area contributed by atoms with Crippen LogP contribution in [0.3, 0.4) is 0 Å². The molecule has 0 atom stereocenters. The molecule has 0 saturated heterocycles. The summed E-state index contributed by atoms with van der Waals surface area (Å²) < 4.78 is 400. The minimum atomic E-state index is -5.65. The second kappa shape index (κ2) is 23.3. The van der Waals surface area contributed by atoms with E-state index in [1.807, 2.05) is 0 Å². The highest BCUT2D eigenvalue weighted by atomic mass is 19.4. The van der Waals surface area contributed by atoms with Crippen LogP contribution in [0.25, 0.3) is 111 Å². The Morgan fingerprint density at radius 3 is 0.710 bits per heavy atom. The van der Waals surface area contributed by atoms with E-state index in [0.29, 0.717) is 12.1 Å². The Morgan fingerprint density at radius 1 is 0.230 bits per heavy atom. The number of aromatic nitrogens is 2. The fourth-order valence-corrected chi connectivity index (χ4v) is 11.9. The van der Waals surface area contributed by atoms with Gasteiger partial charge in [0, 0.05) is 21.5 Å². The lowest BCUT2D eigenvalue weighted by Gasteiger charge is -2.23. The smallest absolute Gasteiger partial charge is 0.307 e. The molecule has 0 N–H and O–H groups in total. The van der Waals surface area contributed by atoms with E-state index in [2.05, 4.69) is 0 Å². The molecule has 0 saturated carbocycles. The third-order valence-electron chi connectivity index (χ3n) is 16.4. The third-order valence-corrected chi connectivity index (χ3v) is 16.4. The van der Waals surface area contributed by atoms with Crippen molar-refractivity contribution in [2.45, 2.75) is 55.6 Å². The maximum Gasteiger partial charge on any atom is 0.417 e. The Labute approximate surface area is 541 Å². The van der Waals surface area contributed by atoms with Crippen molar-refractivity contribution in [2.24, 2.45) is 0 Å². The highest BCUT2D eigenvalue weighted by Gasteiger charge is 2.43. The van der Waals surface area contributed by atoms with Gasteiger partial charge in [0.1, 0.15) is 0 Å². The number of halogens is 27. The van der Waals surface area contributed by atoms with Crippen molar-refractivity contribution in [1.82, 2.24) is 9.13 Å². The van der Waals surface area contributed by atoms with Crippen molar-refractivity contribution in [3.05, 3.63) is 238 Å². The van der Waals surface area contributed by atoms with Crippen LogP contribution in [-0.4, -0.2) is 9.13 Å². The molecule has 10 aromatic carbocycles. The predicted molar refractivity (Wildman–Crippen MR) is 312 cm³/mol. The van der Waals surface area contributed by atoms with Gasteiger partial charge < -0.3 is 9.13 Å². The van der Waals surface area contributed by atoms with Crippen LogP contribution in [0.4, 0.5) is 119 Å². The molecule has 0 amide bonds. The summed E-state index contributed by atoms with van der Waals surface area (Å²) >= 11 is 0. The molecule has 12 aromatic rings. The fourth-order valence-electron chi connectivity index (χ4n) is 11.9. The molecule has 0 radical (unpaired) electrons. The maximum absolute atomic E-state index is 16.4. The zero-order valence-corrected chi connectivity index (χ0v) is 48.9. The molecular formula is C70H30F27N3. The lowest BCUT2D eigenvalue weighted by molar-refractivity contribution is -0.144. The molecule has 2 heterocycles. The van der Waals surface area contributed by atoms with Gasteiger partial charge in [-0.15, -0.1) is 0 Å². The second-order valence-electron chi connectivity index (χ2n) is 22.9. The average molecular weight is 1430 g/mol. The van der Waals surface area contributed by atoms with Crippen molar-refractivity contribution < 1.29 is 119 Å². The maximum atomic E-state index is 16.4. The minimum absolute atomic E-state index is 0.214. The number of rotatable bonds is 7. The van der Waals surface area contributed by atoms with Gasteiger partial charge in [-0.25, -0.2) is 0 Å². The molecule has 3 nitrogen and oxygen atoms in total. The Bertz CT molecular complexity index is 4970. The average Bonchev–Trinajstić information content (AvgIpc) is 1.54. The first-order valence-corrected chi connectivity index (χ1v) is 28.3. The number of benzene rings is 10. The van der Waals surface area contributed by atoms with Crippen LogP contribution in [0.5, 0.6) is 0 Å². The van der Waals surface area contributed by atoms with Gasteiger partial charge >= 0.3 is 55.6 Å². The van der Waals surface area contributed by atoms with E-state index in [-0.39, 0.29) is 99.9 Å². The number of nitriles is 1. The third kappa shape index (κ3) is 13.1. The Kier molecular flexibility index (Phi) is 16.1. The van der Waals surface area contributed by atoms with Gasteiger partial charge in [0.25, 0.3) is 0 Å². The Morgan fingerprint density at radius 2 is 0.480 bits per heavy atom. The van der Waals surface area contributed by atoms with Crippen LogP contribution in [0.1, 0.15) is 55.6 Å². The van der Waals surface area contributed by atoms with Crippen molar-refractivity contribution >= 4 is 43.6 Å². The molecule has 514 valence electrons. The number of hydrogen-bond donors (Lipinski definition) is 0. The van der Waals surface area contributed by atoms with Gasteiger partial charge in [0.15, 0.2) is 0 Å². The highest BCUT2D eigenvalue weighted by molar-refractivity contribution is 6.14. The van der Waals surface area contributed by atoms with E-state index in [9.17, 15) is 111 Å². The summed E-state index contributed by atoms with van der Waals surface area (Å²) in [6.45, 7) is 0. The molecule has 30 heteroatoms. The van der Waals surface area contributed by atoms with Crippen molar-refractivity contribution in [1.29, 1.82) is 5.26 Å². The van der Waals surface area contributed by atoms with E-state index < -0.39 is 195 Å². The van der Waals surface area contributed by atoms with Gasteiger partial charge in [-0.3, -0.25) is 0 Å². The summed E-state index contributed by atoms with van der Waals surface area (Å²) in [6, 6.07) is 19.0. The normalized spacial score (nSPS) is 13.3. The van der Waals surface area contributed by atoms with Gasteiger partial charge in [-0.1, -0.05) is 60.7 Å². The van der Waals surface area contributed by atoms with Gasteiger partial charge in [0.05, 0.1) is 95.1 Å². The topological polar surface area (TPSA) is 33.6 Å². The van der Waals surface area contributed by atoms with Gasteiger partial charge in [-0.05, 0) is 177 Å². The van der Waals surface area contributed by atoms with Crippen LogP contribution >= 0.6 is 0 Å². The molecular weight excluding hydrogens is 1400 g/mol. The summed E-state index contributed by atoms with van der Waals surface area (Å²) in [4.78, 5) is 0. The first-order chi connectivity index (χ1) is 46.1. The van der Waals surface area contributed by atoms with Crippen LogP contribution < -0.4 is 0 Å². The van der Waals surface area contributed by atoms with E-state index >= 15 is 13.2 Å². The van der Waals surface area contributed by atoms with Gasteiger partial charge in [-0.2, -0.15) is 124 Å². The summed E-state index contributed by atoms with van der Waals surface area (Å²) in [6.07, 6.45) is -49.8. The van der Waals surface area contributed by atoms with Crippen molar-refractivity contribution in [3.63, 3.8) is 0 Å². The summed E-state index contributed by atoms with van der Waals surface area (Å²) in [7, 11) is 0. The molecule has 100 heavy (non-hydrogen) atoms. The van der Waals surface area contributed by atoms with Crippen molar-refractivity contribution in [3.8, 4) is 73.1 Å². The molecule has 0 aliphatic rings. The van der Waals surface area contributed by atoms with Gasteiger partial charge in [0.2, 0.25) is 0 Å². The number of nitrogens with zero attached hydrogens (tertiary/aromatic N) is 3. The van der Waals surface area contributed by atoms with Crippen LogP contribution in [-0.2, 0) is 55.6 Å². The van der Waals surface area contributed by atoms with E-state index in [1.54, 1.807) is 6.07 Å². The Hall–Kier alpha value is -10.6. The highest BCUT2D eigenvalue weighted by Crippen LogP contribution is 2.50. The van der Waals surface area contributed by atoms with Crippen molar-refractivity contribution in [2.75, 3.05) is 0 Å². The number of fused-ring (bicyclic) bond motifs is 6. The van der Waals surface area contributed by atoms with Crippen LogP contribution in [0, 0.1) is 11.3 Å². The molecule has 0 fully saturated rings. The lowest BCUT2D eigenvalue weighted by Crippen LogP contribution is -2.12. The number of hydrogen-bond acceptors (Lipinski definition) is 1. The molecule has 0 aliphatic heterocycles. The lowest BCUT2D eigenvalue weighted by atomic mass is 9.95. The van der Waals surface area contributed by atoms with Crippen LogP contribution in [0.2, 0.25) is 0 Å². The largest absolute Gasteiger partial charge is 0.417 e. The quantitative estimate of drug-likeness (QED) is 0.146. The van der Waals surface area contributed by atoms with E-state index in [0.717, 1.165) is 106 Å². The first kappa shape index (κ1) is 69.3. The fraction of sp³-hybridized carbons (Fsp3) is 0.129. The molecule has 2 aromatic heterocycles. The second-order valence-corrected chi connectivity index (χ2v) is 22.9. The summed E-state index contributed by atoms with van der Waals surface area (Å²) in [5.74, 6) is 0. The Balaban J connectivity index is 1.31. The molecule has 0 aliphatic carbocycles. The monoisotopic (exact) mass is 1430 g/mol. The summed E-state index contributed by atoms with van der Waals surface area (Å²) in [5.41, 5.74) is -28.6. The zero-order valence-electron chi connectivity index (χ0n) is 48.9. The van der Waals surface area contributed by atoms with E-state index in [1.165, 1.54) is 0 Å². The SMILES string of the molecule is N#Cc1cccc(-c2cc(-n3c4cc(-c5cc(C(F)(F)F)cc(C(F)(F)F)c5)ccc4c4ccc(-c5cc(C(F)(F)F)cc(C(F)(F)F)c5)cc43)c(-n3c4cc(-c5cc(C(F)(F)F)cc(C(F)(F)F)c5)ccc4c4ccc(-c5cc(C(F)(F)F)cc(C(F)(F)F)c5)cc43)cc2C(F)(F)F)c1. The summed E-state index contributed by atoms with van der Waals surface area (Å²) in [5, 5.41) is 9.06. The first-order valence-electron chi connectivity index (χ1n) is 28.3. The minimum Gasteiger partial charge on any atom is -0.307 e. The standard InChI is InChI=1S/C70H30F27N3/c71-62(72,73)42-13-38(14-43(25-42)63(74,75)76)33-4-8-50-51-9-5-34(39-15-44(64(77,78)79)26-45(16-39)65(80,81)82)22-57(51)99(56(50)21-33)60-29-54(37-3-1-2-32(12-37)31-98)55(70(95,96)97)30-61(60)100-58-23-35(40-17-46(66(83,84)85)27-47(18-40)67(86,87)88)6-10-52(58)53-11-7-36(24-59(53)100)41-19-48(68(89,90)91)28-49(20-41)69(92,93)94/h1-30H. The molecule has 12 rings (SSSR count). The molecule has 0 spiro atoms. The predicted octanol–water partition coefficient (Wildman–Crippen LogP) is 25.3. The van der Waals surface area contributed by atoms with Crippen LogP contribution in [0.15, 0.2) is 182 Å². The molecule has 0 unspecified atom stereocenters. The molecule has 0 bridgehead atoms. The number of alkyl halides is 27. The van der Waals surface area contributed by atoms with E-state index in [4.69, 9.17) is 0 Å².